The monoisotopic (exact) mass is 289 g/mol. The summed E-state index contributed by atoms with van der Waals surface area (Å²) in [7, 11) is 0. The molecule has 0 saturated carbocycles. The van der Waals surface area contributed by atoms with Crippen LogP contribution in [0.4, 0.5) is 0 Å². The van der Waals surface area contributed by atoms with E-state index in [1.165, 1.54) is 9.08 Å². The van der Waals surface area contributed by atoms with Crippen molar-refractivity contribution in [1.29, 1.82) is 0 Å². The van der Waals surface area contributed by atoms with Gasteiger partial charge in [-0.15, -0.1) is 5.10 Å². The average Bonchev–Trinajstić information content (AvgIpc) is 2.71. The van der Waals surface area contributed by atoms with Gasteiger partial charge in [0, 0.05) is 32.3 Å². The van der Waals surface area contributed by atoms with Crippen molar-refractivity contribution in [2.45, 2.75) is 19.4 Å². The number of carbonyl (C=O) groups excluding carboxylic acids is 1. The van der Waals surface area contributed by atoms with Crippen molar-refractivity contribution in [2.75, 3.05) is 26.2 Å². The smallest absolute Gasteiger partial charge is 0.341 e. The Kier molecular flexibility index (Phi) is 4.01. The molecule has 1 N–H and O–H groups in total. The predicted octanol–water partition coefficient (Wildman–Crippen LogP) is -0.292. The van der Waals surface area contributed by atoms with E-state index in [0.29, 0.717) is 18.6 Å². The Hall–Kier alpha value is -2.15. The van der Waals surface area contributed by atoms with Gasteiger partial charge in [0.05, 0.1) is 6.54 Å². The first-order chi connectivity index (χ1) is 10.3. The normalized spacial score (nSPS) is 16.1. The van der Waals surface area contributed by atoms with Crippen molar-refractivity contribution in [1.82, 2.24) is 24.4 Å². The second kappa shape index (κ2) is 6.09. The maximum Gasteiger partial charge on any atom is 0.350 e. The van der Waals surface area contributed by atoms with Gasteiger partial charge in [0.1, 0.15) is 0 Å². The zero-order valence-corrected chi connectivity index (χ0v) is 11.9. The SMILES string of the molecule is O=C(CCn1nc2ccccn2c1=O)N1CCCNCC1. The lowest BCUT2D eigenvalue weighted by atomic mass is 10.3. The third kappa shape index (κ3) is 2.97. The van der Waals surface area contributed by atoms with Crippen LogP contribution in [0.25, 0.3) is 5.65 Å². The van der Waals surface area contributed by atoms with Crippen LogP contribution in [0.15, 0.2) is 29.2 Å². The molecule has 7 heteroatoms. The molecule has 112 valence electrons. The summed E-state index contributed by atoms with van der Waals surface area (Å²) in [5.74, 6) is 0.0858. The lowest BCUT2D eigenvalue weighted by molar-refractivity contribution is -0.131. The number of rotatable bonds is 3. The van der Waals surface area contributed by atoms with Crippen molar-refractivity contribution in [3.8, 4) is 0 Å². The van der Waals surface area contributed by atoms with E-state index in [1.54, 1.807) is 18.3 Å². The Bertz CT molecular complexity index is 682. The van der Waals surface area contributed by atoms with Gasteiger partial charge in [-0.2, -0.15) is 0 Å². The van der Waals surface area contributed by atoms with Crippen LogP contribution < -0.4 is 11.0 Å². The van der Waals surface area contributed by atoms with Crippen LogP contribution in [0.1, 0.15) is 12.8 Å². The molecular weight excluding hydrogens is 270 g/mol. The summed E-state index contributed by atoms with van der Waals surface area (Å²) in [6, 6.07) is 5.40. The molecule has 0 unspecified atom stereocenters. The molecule has 3 heterocycles. The minimum absolute atomic E-state index is 0.0858. The second-order valence-electron chi connectivity index (χ2n) is 5.17. The third-order valence-electron chi connectivity index (χ3n) is 3.72. The quantitative estimate of drug-likeness (QED) is 0.843. The Morgan fingerprint density at radius 3 is 3.05 bits per heavy atom. The average molecular weight is 289 g/mol. The molecule has 0 aromatic carbocycles. The van der Waals surface area contributed by atoms with Gasteiger partial charge in [0.25, 0.3) is 0 Å². The molecule has 0 bridgehead atoms. The minimum Gasteiger partial charge on any atom is -0.341 e. The van der Waals surface area contributed by atoms with Gasteiger partial charge in [0.2, 0.25) is 5.91 Å². The minimum atomic E-state index is -0.198. The van der Waals surface area contributed by atoms with E-state index < -0.39 is 0 Å². The number of carbonyl (C=O) groups is 1. The molecule has 2 aromatic heterocycles. The molecule has 0 atom stereocenters. The first kappa shape index (κ1) is 13.8. The molecule has 0 aliphatic carbocycles. The molecule has 1 amide bonds. The molecular formula is C14H19N5O2. The number of pyridine rings is 1. The van der Waals surface area contributed by atoms with Gasteiger partial charge in [-0.3, -0.25) is 9.20 Å². The Morgan fingerprint density at radius 1 is 1.29 bits per heavy atom. The van der Waals surface area contributed by atoms with E-state index in [4.69, 9.17) is 0 Å². The summed E-state index contributed by atoms with van der Waals surface area (Å²) in [6.07, 6.45) is 2.97. The largest absolute Gasteiger partial charge is 0.350 e. The van der Waals surface area contributed by atoms with Crippen molar-refractivity contribution in [3.05, 3.63) is 34.9 Å². The van der Waals surface area contributed by atoms with Crippen LogP contribution in [0.5, 0.6) is 0 Å². The summed E-state index contributed by atoms with van der Waals surface area (Å²) in [5, 5.41) is 7.50. The van der Waals surface area contributed by atoms with E-state index >= 15 is 0 Å². The number of aromatic nitrogens is 3. The first-order valence-corrected chi connectivity index (χ1v) is 7.28. The van der Waals surface area contributed by atoms with Gasteiger partial charge in [0.15, 0.2) is 5.65 Å². The number of nitrogens with zero attached hydrogens (tertiary/aromatic N) is 4. The number of aryl methyl sites for hydroxylation is 1. The van der Waals surface area contributed by atoms with E-state index in [-0.39, 0.29) is 11.6 Å². The van der Waals surface area contributed by atoms with Crippen LogP contribution in [0.3, 0.4) is 0 Å². The Balaban J connectivity index is 1.67. The van der Waals surface area contributed by atoms with Crippen molar-refractivity contribution in [3.63, 3.8) is 0 Å². The molecule has 1 aliphatic rings. The highest BCUT2D eigenvalue weighted by atomic mass is 16.2. The van der Waals surface area contributed by atoms with Gasteiger partial charge < -0.3 is 10.2 Å². The topological polar surface area (TPSA) is 71.6 Å². The number of hydrogen-bond acceptors (Lipinski definition) is 4. The molecule has 3 rings (SSSR count). The predicted molar refractivity (Wildman–Crippen MR) is 78.1 cm³/mol. The van der Waals surface area contributed by atoms with Crippen LogP contribution in [0.2, 0.25) is 0 Å². The van der Waals surface area contributed by atoms with Gasteiger partial charge in [-0.05, 0) is 25.1 Å². The number of nitrogens with one attached hydrogen (secondary N) is 1. The van der Waals surface area contributed by atoms with E-state index in [0.717, 1.165) is 32.6 Å². The summed E-state index contributed by atoms with van der Waals surface area (Å²) in [5.41, 5.74) is 0.407. The maximum absolute atomic E-state index is 12.2. The summed E-state index contributed by atoms with van der Waals surface area (Å²) < 4.78 is 2.85. The van der Waals surface area contributed by atoms with Gasteiger partial charge in [-0.25, -0.2) is 9.48 Å². The molecule has 0 radical (unpaired) electrons. The van der Waals surface area contributed by atoms with Crippen LogP contribution in [-0.4, -0.2) is 51.2 Å². The zero-order valence-electron chi connectivity index (χ0n) is 11.9. The van der Waals surface area contributed by atoms with Crippen LogP contribution in [-0.2, 0) is 11.3 Å². The summed E-state index contributed by atoms with van der Waals surface area (Å²) >= 11 is 0. The van der Waals surface area contributed by atoms with Gasteiger partial charge in [-0.1, -0.05) is 6.07 Å². The molecule has 0 spiro atoms. The third-order valence-corrected chi connectivity index (χ3v) is 3.72. The van der Waals surface area contributed by atoms with Gasteiger partial charge >= 0.3 is 5.69 Å². The summed E-state index contributed by atoms with van der Waals surface area (Å²) in [4.78, 5) is 26.2. The number of amides is 1. The van der Waals surface area contributed by atoms with E-state index in [1.807, 2.05) is 11.0 Å². The van der Waals surface area contributed by atoms with Crippen LogP contribution >= 0.6 is 0 Å². The lowest BCUT2D eigenvalue weighted by Crippen LogP contribution is -2.35. The fourth-order valence-electron chi connectivity index (χ4n) is 2.57. The molecule has 1 saturated heterocycles. The number of hydrogen-bond donors (Lipinski definition) is 1. The van der Waals surface area contributed by atoms with Crippen LogP contribution in [0, 0.1) is 0 Å². The highest BCUT2D eigenvalue weighted by Gasteiger charge is 2.16. The fourth-order valence-corrected chi connectivity index (χ4v) is 2.57. The molecule has 1 aliphatic heterocycles. The summed E-state index contributed by atoms with van der Waals surface area (Å²) in [6.45, 7) is 3.63. The number of fused-ring (bicyclic) bond motifs is 1. The highest BCUT2D eigenvalue weighted by molar-refractivity contribution is 5.76. The molecule has 7 nitrogen and oxygen atoms in total. The fraction of sp³-hybridized carbons (Fsp3) is 0.500. The van der Waals surface area contributed by atoms with Crippen molar-refractivity contribution < 1.29 is 4.79 Å². The second-order valence-corrected chi connectivity index (χ2v) is 5.17. The maximum atomic E-state index is 12.2. The zero-order chi connectivity index (χ0) is 14.7. The first-order valence-electron chi connectivity index (χ1n) is 7.28. The molecule has 2 aromatic rings. The standard InChI is InChI=1S/C14H19N5O2/c20-13(17-8-3-6-15-7-11-17)5-10-19-14(21)18-9-2-1-4-12(18)16-19/h1-2,4,9,15H,3,5-8,10-11H2. The lowest BCUT2D eigenvalue weighted by Gasteiger charge is -2.19. The Morgan fingerprint density at radius 2 is 2.19 bits per heavy atom. The molecule has 21 heavy (non-hydrogen) atoms. The van der Waals surface area contributed by atoms with Crippen molar-refractivity contribution >= 4 is 11.6 Å². The Labute approximate surface area is 122 Å². The highest BCUT2D eigenvalue weighted by Crippen LogP contribution is 2.01. The van der Waals surface area contributed by atoms with E-state index in [9.17, 15) is 9.59 Å². The van der Waals surface area contributed by atoms with E-state index in [2.05, 4.69) is 10.4 Å². The van der Waals surface area contributed by atoms with Crippen molar-refractivity contribution in [2.24, 2.45) is 0 Å². The molecule has 1 fully saturated rings.